The highest BCUT2D eigenvalue weighted by Gasteiger charge is 2.30. The van der Waals surface area contributed by atoms with Crippen LogP contribution >= 0.6 is 0 Å². The van der Waals surface area contributed by atoms with Crippen molar-refractivity contribution in [3.63, 3.8) is 0 Å². The van der Waals surface area contributed by atoms with Gasteiger partial charge in [-0.3, -0.25) is 9.59 Å². The Kier molecular flexibility index (Phi) is 5.62. The van der Waals surface area contributed by atoms with Gasteiger partial charge in [-0.1, -0.05) is 12.1 Å². The Morgan fingerprint density at radius 3 is 2.12 bits per heavy atom. The normalized spacial score (nSPS) is 12.1. The van der Waals surface area contributed by atoms with Gasteiger partial charge in [-0.15, -0.1) is 0 Å². The van der Waals surface area contributed by atoms with Crippen LogP contribution in [0, 0.1) is 11.3 Å². The molecule has 8 heteroatoms. The van der Waals surface area contributed by atoms with Crippen molar-refractivity contribution in [1.29, 1.82) is 5.26 Å². The zero-order chi connectivity index (χ0) is 19.3. The SMILES string of the molecule is N#Cc1ccc(C(=O)N[C@@H](Cc2ccc(C(F)(F)F)cc2)C(N)=O)cc1. The molecule has 0 spiro atoms. The van der Waals surface area contributed by atoms with Gasteiger partial charge < -0.3 is 11.1 Å². The number of primary amides is 1. The van der Waals surface area contributed by atoms with Gasteiger partial charge in [0.2, 0.25) is 5.91 Å². The lowest BCUT2D eigenvalue weighted by molar-refractivity contribution is -0.137. The minimum atomic E-state index is -4.45. The highest BCUT2D eigenvalue weighted by atomic mass is 19.4. The van der Waals surface area contributed by atoms with E-state index >= 15 is 0 Å². The summed E-state index contributed by atoms with van der Waals surface area (Å²) in [7, 11) is 0. The second kappa shape index (κ2) is 7.70. The fourth-order valence-corrected chi connectivity index (χ4v) is 2.23. The molecule has 0 radical (unpaired) electrons. The van der Waals surface area contributed by atoms with Crippen molar-refractivity contribution in [3.8, 4) is 6.07 Å². The number of halogens is 3. The fraction of sp³-hybridized carbons (Fsp3) is 0.167. The molecule has 2 aromatic carbocycles. The molecule has 3 N–H and O–H groups in total. The van der Waals surface area contributed by atoms with E-state index in [-0.39, 0.29) is 12.0 Å². The van der Waals surface area contributed by atoms with Crippen LogP contribution in [-0.4, -0.2) is 17.9 Å². The quantitative estimate of drug-likeness (QED) is 0.856. The molecule has 134 valence electrons. The fourth-order valence-electron chi connectivity index (χ4n) is 2.23. The Morgan fingerprint density at radius 2 is 1.65 bits per heavy atom. The maximum atomic E-state index is 12.6. The summed E-state index contributed by atoms with van der Waals surface area (Å²) in [6.07, 6.45) is -4.50. The molecule has 0 aliphatic heterocycles. The summed E-state index contributed by atoms with van der Waals surface area (Å²) in [4.78, 5) is 23.8. The van der Waals surface area contributed by atoms with Gasteiger partial charge in [-0.2, -0.15) is 18.4 Å². The molecule has 0 heterocycles. The third-order valence-corrected chi connectivity index (χ3v) is 3.65. The number of nitrogens with zero attached hydrogens (tertiary/aromatic N) is 1. The predicted molar refractivity (Wildman–Crippen MR) is 86.8 cm³/mol. The van der Waals surface area contributed by atoms with Gasteiger partial charge in [0.25, 0.3) is 5.91 Å². The number of amides is 2. The third-order valence-electron chi connectivity index (χ3n) is 3.65. The molecule has 0 saturated heterocycles. The van der Waals surface area contributed by atoms with Crippen LogP contribution in [0.2, 0.25) is 0 Å². The summed E-state index contributed by atoms with van der Waals surface area (Å²) < 4.78 is 37.7. The largest absolute Gasteiger partial charge is 0.416 e. The molecular weight excluding hydrogens is 347 g/mol. The van der Waals surface area contributed by atoms with Gasteiger partial charge in [0.15, 0.2) is 0 Å². The van der Waals surface area contributed by atoms with E-state index in [9.17, 15) is 22.8 Å². The smallest absolute Gasteiger partial charge is 0.368 e. The van der Waals surface area contributed by atoms with Gasteiger partial charge in [-0.25, -0.2) is 0 Å². The molecule has 0 fully saturated rings. The van der Waals surface area contributed by atoms with Crippen molar-refractivity contribution < 1.29 is 22.8 Å². The number of hydrogen-bond acceptors (Lipinski definition) is 3. The van der Waals surface area contributed by atoms with Crippen molar-refractivity contribution in [3.05, 3.63) is 70.8 Å². The summed E-state index contributed by atoms with van der Waals surface area (Å²) in [5.74, 6) is -1.39. The van der Waals surface area contributed by atoms with Crippen LogP contribution in [0.1, 0.15) is 27.0 Å². The molecule has 2 rings (SSSR count). The van der Waals surface area contributed by atoms with Gasteiger partial charge in [0, 0.05) is 12.0 Å². The van der Waals surface area contributed by atoms with Crippen molar-refractivity contribution in [1.82, 2.24) is 5.32 Å². The topological polar surface area (TPSA) is 96.0 Å². The predicted octanol–water partition coefficient (Wildman–Crippen LogP) is 2.40. The third kappa shape index (κ3) is 4.83. The van der Waals surface area contributed by atoms with Crippen LogP contribution in [0.4, 0.5) is 13.2 Å². The van der Waals surface area contributed by atoms with Gasteiger partial charge >= 0.3 is 6.18 Å². The number of alkyl halides is 3. The molecular formula is C18H14F3N3O2. The molecule has 1 atom stereocenters. The summed E-state index contributed by atoms with van der Waals surface area (Å²) in [5.41, 5.74) is 5.49. The van der Waals surface area contributed by atoms with Crippen LogP contribution in [0.25, 0.3) is 0 Å². The molecule has 0 aliphatic rings. The van der Waals surface area contributed by atoms with E-state index in [0.717, 1.165) is 12.1 Å². The molecule has 0 saturated carbocycles. The Bertz CT molecular complexity index is 838. The van der Waals surface area contributed by atoms with E-state index < -0.39 is 29.6 Å². The average Bonchev–Trinajstić information content (AvgIpc) is 2.60. The molecule has 26 heavy (non-hydrogen) atoms. The number of benzene rings is 2. The first-order valence-corrected chi connectivity index (χ1v) is 7.47. The number of rotatable bonds is 5. The number of hydrogen-bond donors (Lipinski definition) is 2. The Hall–Kier alpha value is -3.34. The lowest BCUT2D eigenvalue weighted by atomic mass is 10.0. The summed E-state index contributed by atoms with van der Waals surface area (Å²) >= 11 is 0. The van der Waals surface area contributed by atoms with Gasteiger partial charge in [0.05, 0.1) is 17.2 Å². The number of carbonyl (C=O) groups is 2. The molecule has 0 unspecified atom stereocenters. The first-order valence-electron chi connectivity index (χ1n) is 7.47. The summed E-state index contributed by atoms with van der Waals surface area (Å²) in [5, 5.41) is 11.2. The van der Waals surface area contributed by atoms with Gasteiger partial charge in [-0.05, 0) is 42.0 Å². The minimum Gasteiger partial charge on any atom is -0.368 e. The van der Waals surface area contributed by atoms with Gasteiger partial charge in [0.1, 0.15) is 6.04 Å². The molecule has 2 amide bonds. The van der Waals surface area contributed by atoms with Crippen LogP contribution in [0.5, 0.6) is 0 Å². The lowest BCUT2D eigenvalue weighted by Gasteiger charge is -2.16. The van der Waals surface area contributed by atoms with Crippen LogP contribution in [0.3, 0.4) is 0 Å². The summed E-state index contributed by atoms with van der Waals surface area (Å²) in [6, 6.07) is 10.8. The Labute approximate surface area is 147 Å². The first kappa shape index (κ1) is 19.0. The molecule has 0 aromatic heterocycles. The number of nitrogens with one attached hydrogen (secondary N) is 1. The monoisotopic (exact) mass is 361 g/mol. The lowest BCUT2D eigenvalue weighted by Crippen LogP contribution is -2.45. The second-order valence-corrected chi connectivity index (χ2v) is 5.52. The highest BCUT2D eigenvalue weighted by Crippen LogP contribution is 2.29. The zero-order valence-corrected chi connectivity index (χ0v) is 13.4. The van der Waals surface area contributed by atoms with E-state index in [1.54, 1.807) is 0 Å². The van der Waals surface area contributed by atoms with Crippen molar-refractivity contribution in [2.45, 2.75) is 18.6 Å². The Balaban J connectivity index is 2.10. The molecule has 5 nitrogen and oxygen atoms in total. The van der Waals surface area contributed by atoms with Crippen molar-refractivity contribution >= 4 is 11.8 Å². The number of carbonyl (C=O) groups excluding carboxylic acids is 2. The Morgan fingerprint density at radius 1 is 1.08 bits per heavy atom. The van der Waals surface area contributed by atoms with E-state index in [1.165, 1.54) is 36.4 Å². The highest BCUT2D eigenvalue weighted by molar-refractivity contribution is 5.97. The molecule has 2 aromatic rings. The first-order chi connectivity index (χ1) is 12.2. The second-order valence-electron chi connectivity index (χ2n) is 5.52. The van der Waals surface area contributed by atoms with E-state index in [1.807, 2.05) is 6.07 Å². The number of nitrogens with two attached hydrogens (primary N) is 1. The summed E-state index contributed by atoms with van der Waals surface area (Å²) in [6.45, 7) is 0. The maximum Gasteiger partial charge on any atom is 0.416 e. The van der Waals surface area contributed by atoms with E-state index in [2.05, 4.69) is 5.32 Å². The zero-order valence-electron chi connectivity index (χ0n) is 13.4. The van der Waals surface area contributed by atoms with E-state index in [0.29, 0.717) is 11.1 Å². The van der Waals surface area contributed by atoms with Crippen LogP contribution in [0.15, 0.2) is 48.5 Å². The average molecular weight is 361 g/mol. The van der Waals surface area contributed by atoms with E-state index in [4.69, 9.17) is 11.0 Å². The van der Waals surface area contributed by atoms with Crippen molar-refractivity contribution in [2.75, 3.05) is 0 Å². The molecule has 0 aliphatic carbocycles. The van der Waals surface area contributed by atoms with Crippen LogP contribution in [-0.2, 0) is 17.4 Å². The minimum absolute atomic E-state index is 0.0461. The van der Waals surface area contributed by atoms with Crippen molar-refractivity contribution in [2.24, 2.45) is 5.73 Å². The maximum absolute atomic E-state index is 12.6. The standard InChI is InChI=1S/C18H14F3N3O2/c19-18(20,21)14-7-3-11(4-8-14)9-15(16(23)25)24-17(26)13-5-1-12(10-22)2-6-13/h1-8,15H,9H2,(H2,23,25)(H,24,26)/t15-/m0/s1. The number of nitriles is 1. The van der Waals surface area contributed by atoms with Crippen LogP contribution < -0.4 is 11.1 Å². The molecule has 0 bridgehead atoms.